The highest BCUT2D eigenvalue weighted by Gasteiger charge is 2.15. The Morgan fingerprint density at radius 3 is 2.60 bits per heavy atom. The van der Waals surface area contributed by atoms with Crippen LogP contribution >= 0.6 is 12.4 Å². The average molecular weight is 362 g/mol. The fourth-order valence-electron chi connectivity index (χ4n) is 3.03. The Hall–Kier alpha value is -2.57. The number of pyridine rings is 1. The Morgan fingerprint density at radius 1 is 1.28 bits per heavy atom. The molecular weight excluding hydrogens is 342 g/mol. The van der Waals surface area contributed by atoms with E-state index in [4.69, 9.17) is 10.8 Å². The van der Waals surface area contributed by atoms with E-state index in [1.54, 1.807) is 0 Å². The summed E-state index contributed by atoms with van der Waals surface area (Å²) in [5, 5.41) is 10.1. The molecule has 0 amide bonds. The van der Waals surface area contributed by atoms with E-state index >= 15 is 0 Å². The van der Waals surface area contributed by atoms with Crippen LogP contribution in [0.5, 0.6) is 0 Å². The van der Waals surface area contributed by atoms with Crippen LogP contribution in [0.3, 0.4) is 0 Å². The van der Waals surface area contributed by atoms with Gasteiger partial charge in [0.05, 0.1) is 5.69 Å². The van der Waals surface area contributed by atoms with Crippen LogP contribution in [0.15, 0.2) is 35.1 Å². The lowest BCUT2D eigenvalue weighted by atomic mass is 10.0. The van der Waals surface area contributed by atoms with Crippen molar-refractivity contribution in [2.45, 2.75) is 19.9 Å². The third-order valence-electron chi connectivity index (χ3n) is 4.37. The molecule has 0 aliphatic heterocycles. The molecule has 2 aromatic heterocycles. The van der Waals surface area contributed by atoms with Crippen LogP contribution in [0.2, 0.25) is 0 Å². The summed E-state index contributed by atoms with van der Waals surface area (Å²) in [6, 6.07) is 9.37. The number of nitrogens with zero attached hydrogens (tertiary/aromatic N) is 1. The summed E-state index contributed by atoms with van der Waals surface area (Å²) < 4.78 is 2.04. The number of aromatic nitrogens is 2. The van der Waals surface area contributed by atoms with Crippen molar-refractivity contribution in [3.8, 4) is 11.3 Å². The highest BCUT2D eigenvalue weighted by molar-refractivity contribution is 5.89. The van der Waals surface area contributed by atoms with Gasteiger partial charge in [-0.25, -0.2) is 4.79 Å². The third-order valence-corrected chi connectivity index (χ3v) is 4.37. The summed E-state index contributed by atoms with van der Waals surface area (Å²) in [6.07, 6.45) is 0.618. The number of nitrogens with two attached hydrogens (primary N) is 1. The molecule has 0 fully saturated rings. The van der Waals surface area contributed by atoms with Crippen molar-refractivity contribution in [1.29, 1.82) is 0 Å². The lowest BCUT2D eigenvalue weighted by molar-refractivity contribution is 0.0695. The summed E-state index contributed by atoms with van der Waals surface area (Å²) in [6.45, 7) is 2.38. The van der Waals surface area contributed by atoms with Gasteiger partial charge in [-0.1, -0.05) is 13.0 Å². The second kappa shape index (κ2) is 7.13. The first-order chi connectivity index (χ1) is 11.5. The van der Waals surface area contributed by atoms with Crippen LogP contribution in [0.4, 0.5) is 0 Å². The predicted octanol–water partition coefficient (Wildman–Crippen LogP) is 2.67. The molecule has 0 spiro atoms. The minimum absolute atomic E-state index is 0. The van der Waals surface area contributed by atoms with Crippen LogP contribution in [0.25, 0.3) is 22.2 Å². The molecule has 6 nitrogen and oxygen atoms in total. The van der Waals surface area contributed by atoms with Crippen molar-refractivity contribution in [2.24, 2.45) is 12.8 Å². The fourth-order valence-corrected chi connectivity index (χ4v) is 3.03. The monoisotopic (exact) mass is 361 g/mol. The number of hydrogen-bond acceptors (Lipinski definition) is 3. The van der Waals surface area contributed by atoms with Crippen molar-refractivity contribution in [2.75, 3.05) is 0 Å². The smallest absolute Gasteiger partial charge is 0.341 e. The second-order valence-corrected chi connectivity index (χ2v) is 5.74. The van der Waals surface area contributed by atoms with E-state index in [9.17, 15) is 9.59 Å². The van der Waals surface area contributed by atoms with Gasteiger partial charge in [0.2, 0.25) is 0 Å². The number of rotatable bonds is 4. The van der Waals surface area contributed by atoms with Gasteiger partial charge in [-0.3, -0.25) is 4.79 Å². The van der Waals surface area contributed by atoms with Crippen molar-refractivity contribution in [3.63, 3.8) is 0 Å². The van der Waals surface area contributed by atoms with Crippen LogP contribution in [-0.4, -0.2) is 20.6 Å². The number of aromatic carboxylic acids is 1. The molecule has 4 N–H and O–H groups in total. The van der Waals surface area contributed by atoms with E-state index in [1.807, 2.05) is 42.8 Å². The molecule has 3 rings (SSSR count). The number of nitrogens with one attached hydrogen (secondary N) is 1. The predicted molar refractivity (Wildman–Crippen MR) is 100 cm³/mol. The Balaban J connectivity index is 0.00000225. The number of aryl methyl sites for hydroxylation is 2. The zero-order valence-corrected chi connectivity index (χ0v) is 14.8. The molecular formula is C18H20ClN3O3. The molecule has 0 aliphatic rings. The van der Waals surface area contributed by atoms with Gasteiger partial charge >= 0.3 is 5.97 Å². The van der Waals surface area contributed by atoms with Crippen LogP contribution in [-0.2, 0) is 20.0 Å². The van der Waals surface area contributed by atoms with Crippen LogP contribution in [0, 0.1) is 0 Å². The van der Waals surface area contributed by atoms with Crippen molar-refractivity contribution < 1.29 is 9.90 Å². The van der Waals surface area contributed by atoms with E-state index < -0.39 is 11.5 Å². The van der Waals surface area contributed by atoms with E-state index in [-0.39, 0.29) is 18.0 Å². The maximum absolute atomic E-state index is 12.0. The summed E-state index contributed by atoms with van der Waals surface area (Å²) in [4.78, 5) is 25.9. The van der Waals surface area contributed by atoms with Gasteiger partial charge in [0.25, 0.3) is 5.56 Å². The second-order valence-electron chi connectivity index (χ2n) is 5.74. The molecule has 7 heteroatoms. The Morgan fingerprint density at radius 2 is 2.00 bits per heavy atom. The quantitative estimate of drug-likeness (QED) is 0.665. The van der Waals surface area contributed by atoms with E-state index in [0.29, 0.717) is 18.7 Å². The number of carbonyl (C=O) groups is 1. The average Bonchev–Trinajstić information content (AvgIpc) is 2.89. The summed E-state index contributed by atoms with van der Waals surface area (Å²) in [5.74, 6) is -1.22. The number of carboxylic acid groups (broad SMARTS) is 1. The highest BCUT2D eigenvalue weighted by atomic mass is 35.5. The molecule has 0 saturated heterocycles. The van der Waals surface area contributed by atoms with E-state index in [2.05, 4.69) is 4.98 Å². The molecule has 3 aromatic rings. The number of benzene rings is 1. The minimum atomic E-state index is -1.22. The van der Waals surface area contributed by atoms with Crippen molar-refractivity contribution >= 4 is 29.3 Å². The van der Waals surface area contributed by atoms with Gasteiger partial charge in [-0.05, 0) is 41.8 Å². The molecule has 2 heterocycles. The highest BCUT2D eigenvalue weighted by Crippen LogP contribution is 2.27. The number of aromatic amines is 1. The van der Waals surface area contributed by atoms with Crippen LogP contribution in [0.1, 0.15) is 28.5 Å². The Bertz CT molecular complexity index is 1000. The number of halogens is 1. The molecule has 132 valence electrons. The Kier molecular flexibility index (Phi) is 5.35. The SMILES string of the molecule is CCc1cc(C(=O)O)c(=O)[nH]c1-c1ccc2c(c1)cc(CN)n2C.Cl. The first-order valence-corrected chi connectivity index (χ1v) is 7.74. The molecule has 0 unspecified atom stereocenters. The molecule has 1 aromatic carbocycles. The summed E-state index contributed by atoms with van der Waals surface area (Å²) in [5.41, 5.74) is 9.30. The maximum atomic E-state index is 12.0. The largest absolute Gasteiger partial charge is 0.477 e. The van der Waals surface area contributed by atoms with E-state index in [0.717, 1.165) is 27.7 Å². The van der Waals surface area contributed by atoms with Gasteiger partial charge < -0.3 is 20.4 Å². The normalized spacial score (nSPS) is 10.7. The molecule has 25 heavy (non-hydrogen) atoms. The van der Waals surface area contributed by atoms with Gasteiger partial charge in [0.1, 0.15) is 5.56 Å². The fraction of sp³-hybridized carbons (Fsp3) is 0.222. The summed E-state index contributed by atoms with van der Waals surface area (Å²) in [7, 11) is 1.96. The number of hydrogen-bond donors (Lipinski definition) is 3. The topological polar surface area (TPSA) is 101 Å². The zero-order chi connectivity index (χ0) is 17.4. The van der Waals surface area contributed by atoms with E-state index in [1.165, 1.54) is 6.07 Å². The van der Waals surface area contributed by atoms with Crippen LogP contribution < -0.4 is 11.3 Å². The van der Waals surface area contributed by atoms with Gasteiger partial charge in [0, 0.05) is 30.2 Å². The van der Waals surface area contributed by atoms with Gasteiger partial charge in [0.15, 0.2) is 0 Å². The number of H-pyrrole nitrogens is 1. The molecule has 0 bridgehead atoms. The lowest BCUT2D eigenvalue weighted by Crippen LogP contribution is -2.19. The number of fused-ring (bicyclic) bond motifs is 1. The van der Waals surface area contributed by atoms with Gasteiger partial charge in [-0.15, -0.1) is 12.4 Å². The third kappa shape index (κ3) is 3.18. The summed E-state index contributed by atoms with van der Waals surface area (Å²) >= 11 is 0. The standard InChI is InChI=1S/C18H19N3O3.ClH/c1-3-10-8-14(18(23)24)17(22)20-16(10)11-4-5-15-12(6-11)7-13(9-19)21(15)2;/h4-8H,3,9,19H2,1-2H3,(H,20,22)(H,23,24);1H. The zero-order valence-electron chi connectivity index (χ0n) is 14.0. The van der Waals surface area contributed by atoms with Gasteiger partial charge in [-0.2, -0.15) is 0 Å². The number of carboxylic acids is 1. The molecule has 0 aliphatic carbocycles. The van der Waals surface area contributed by atoms with Crippen molar-refractivity contribution in [1.82, 2.24) is 9.55 Å². The minimum Gasteiger partial charge on any atom is -0.477 e. The lowest BCUT2D eigenvalue weighted by Gasteiger charge is -2.10. The first kappa shape index (κ1) is 18.8. The first-order valence-electron chi connectivity index (χ1n) is 7.74. The molecule has 0 radical (unpaired) electrons. The Labute approximate surface area is 150 Å². The maximum Gasteiger partial charge on any atom is 0.341 e. The molecule has 0 saturated carbocycles. The molecule has 0 atom stereocenters. The van der Waals surface area contributed by atoms with Crippen molar-refractivity contribution in [3.05, 3.63) is 57.5 Å².